The molecule has 1 heterocycles. The van der Waals surface area contributed by atoms with Gasteiger partial charge in [0.05, 0.1) is 24.1 Å². The van der Waals surface area contributed by atoms with Crippen molar-refractivity contribution in [3.8, 4) is 5.75 Å². The second kappa shape index (κ2) is 9.27. The first-order chi connectivity index (χ1) is 14.4. The van der Waals surface area contributed by atoms with Crippen LogP contribution in [0.2, 0.25) is 0 Å². The molecule has 0 aromatic heterocycles. The molecular formula is C21H17NO7S. The SMILES string of the molecule is COC(=O)c1cccc(CN2C(=O)SC(=Cc3ccc(OCC(=O)O)cc3)C2=O)c1. The highest BCUT2D eigenvalue weighted by Crippen LogP contribution is 2.33. The Kier molecular flexibility index (Phi) is 6.53. The number of imide groups is 1. The monoisotopic (exact) mass is 427 g/mol. The van der Waals surface area contributed by atoms with E-state index >= 15 is 0 Å². The Morgan fingerprint density at radius 3 is 2.53 bits per heavy atom. The summed E-state index contributed by atoms with van der Waals surface area (Å²) in [5, 5.41) is 8.22. The van der Waals surface area contributed by atoms with Gasteiger partial charge in [0.25, 0.3) is 11.1 Å². The van der Waals surface area contributed by atoms with Gasteiger partial charge in [-0.15, -0.1) is 0 Å². The van der Waals surface area contributed by atoms with Crippen molar-refractivity contribution in [3.05, 3.63) is 70.1 Å². The summed E-state index contributed by atoms with van der Waals surface area (Å²) in [6, 6.07) is 13.0. The predicted molar refractivity (Wildman–Crippen MR) is 109 cm³/mol. The van der Waals surface area contributed by atoms with E-state index in [0.29, 0.717) is 22.4 Å². The quantitative estimate of drug-likeness (QED) is 0.530. The number of carbonyl (C=O) groups is 4. The second-order valence-electron chi connectivity index (χ2n) is 6.21. The minimum absolute atomic E-state index is 0.0365. The van der Waals surface area contributed by atoms with Crippen LogP contribution in [0.25, 0.3) is 6.08 Å². The molecule has 0 radical (unpaired) electrons. The first-order valence-electron chi connectivity index (χ1n) is 8.74. The van der Waals surface area contributed by atoms with E-state index in [-0.39, 0.29) is 11.4 Å². The van der Waals surface area contributed by atoms with Gasteiger partial charge in [-0.1, -0.05) is 24.3 Å². The van der Waals surface area contributed by atoms with Gasteiger partial charge in [0.1, 0.15) is 5.75 Å². The maximum Gasteiger partial charge on any atom is 0.341 e. The van der Waals surface area contributed by atoms with Gasteiger partial charge in [0.2, 0.25) is 0 Å². The Morgan fingerprint density at radius 1 is 1.13 bits per heavy atom. The maximum atomic E-state index is 12.7. The molecule has 0 atom stereocenters. The van der Waals surface area contributed by atoms with Crippen molar-refractivity contribution in [2.45, 2.75) is 6.54 Å². The number of ether oxygens (including phenoxy) is 2. The molecule has 9 heteroatoms. The Morgan fingerprint density at radius 2 is 1.87 bits per heavy atom. The second-order valence-corrected chi connectivity index (χ2v) is 7.20. The van der Waals surface area contributed by atoms with Crippen molar-refractivity contribution in [1.82, 2.24) is 4.90 Å². The number of esters is 1. The number of nitrogens with zero attached hydrogens (tertiary/aromatic N) is 1. The molecule has 2 aromatic rings. The first kappa shape index (κ1) is 21.1. The highest BCUT2D eigenvalue weighted by atomic mass is 32.2. The molecule has 2 amide bonds. The number of aliphatic carboxylic acids is 1. The zero-order chi connectivity index (χ0) is 21.7. The number of carboxylic acids is 1. The van der Waals surface area contributed by atoms with E-state index in [1.165, 1.54) is 7.11 Å². The molecule has 30 heavy (non-hydrogen) atoms. The zero-order valence-electron chi connectivity index (χ0n) is 15.9. The Hall–Kier alpha value is -3.59. The molecule has 0 saturated carbocycles. The van der Waals surface area contributed by atoms with E-state index in [1.54, 1.807) is 54.6 Å². The number of amides is 2. The molecule has 2 aromatic carbocycles. The van der Waals surface area contributed by atoms with Crippen molar-refractivity contribution >= 4 is 40.9 Å². The molecule has 0 aliphatic carbocycles. The topological polar surface area (TPSA) is 110 Å². The summed E-state index contributed by atoms with van der Waals surface area (Å²) in [6.07, 6.45) is 1.58. The third-order valence-corrected chi connectivity index (χ3v) is 5.01. The summed E-state index contributed by atoms with van der Waals surface area (Å²) in [7, 11) is 1.28. The van der Waals surface area contributed by atoms with Crippen LogP contribution in [0.5, 0.6) is 5.75 Å². The van der Waals surface area contributed by atoms with Crippen LogP contribution in [0.4, 0.5) is 4.79 Å². The number of thioether (sulfide) groups is 1. The van der Waals surface area contributed by atoms with Crippen molar-refractivity contribution in [3.63, 3.8) is 0 Å². The van der Waals surface area contributed by atoms with Crippen LogP contribution < -0.4 is 4.74 Å². The lowest BCUT2D eigenvalue weighted by molar-refractivity contribution is -0.139. The molecule has 154 valence electrons. The smallest absolute Gasteiger partial charge is 0.341 e. The summed E-state index contributed by atoms with van der Waals surface area (Å²) in [6.45, 7) is -0.412. The molecule has 0 unspecified atom stereocenters. The molecule has 8 nitrogen and oxygen atoms in total. The summed E-state index contributed by atoms with van der Waals surface area (Å²) in [5.41, 5.74) is 1.62. The molecule has 1 aliphatic heterocycles. The fraction of sp³-hybridized carbons (Fsp3) is 0.143. The highest BCUT2D eigenvalue weighted by Gasteiger charge is 2.35. The Bertz CT molecular complexity index is 1030. The Labute approximate surface area is 176 Å². The average molecular weight is 427 g/mol. The number of hydrogen-bond acceptors (Lipinski definition) is 7. The normalized spacial score (nSPS) is 14.8. The van der Waals surface area contributed by atoms with Crippen LogP contribution in [-0.4, -0.2) is 46.8 Å². The van der Waals surface area contributed by atoms with Gasteiger partial charge in [-0.2, -0.15) is 0 Å². The van der Waals surface area contributed by atoms with E-state index in [0.717, 1.165) is 16.7 Å². The summed E-state index contributed by atoms with van der Waals surface area (Å²) in [5.74, 6) is -1.63. The van der Waals surface area contributed by atoms with Crippen LogP contribution in [-0.2, 0) is 20.9 Å². The molecule has 0 bridgehead atoms. The summed E-state index contributed by atoms with van der Waals surface area (Å²) >= 11 is 0.827. The van der Waals surface area contributed by atoms with E-state index in [1.807, 2.05) is 0 Å². The van der Waals surface area contributed by atoms with Gasteiger partial charge in [0.15, 0.2) is 6.61 Å². The summed E-state index contributed by atoms with van der Waals surface area (Å²) < 4.78 is 9.75. The van der Waals surface area contributed by atoms with Gasteiger partial charge in [-0.05, 0) is 53.2 Å². The number of carbonyl (C=O) groups excluding carboxylic acids is 3. The third kappa shape index (κ3) is 5.06. The average Bonchev–Trinajstić information content (AvgIpc) is 3.00. The summed E-state index contributed by atoms with van der Waals surface area (Å²) in [4.78, 5) is 48.6. The Balaban J connectivity index is 1.71. The largest absolute Gasteiger partial charge is 0.482 e. The van der Waals surface area contributed by atoms with Gasteiger partial charge in [-0.3, -0.25) is 14.5 Å². The molecule has 0 spiro atoms. The van der Waals surface area contributed by atoms with E-state index in [4.69, 9.17) is 9.84 Å². The minimum atomic E-state index is -1.08. The van der Waals surface area contributed by atoms with Crippen LogP contribution in [0.1, 0.15) is 21.5 Å². The standard InChI is InChI=1S/C21H17NO7S/c1-28-20(26)15-4-2-3-14(9-15)11-22-19(25)17(30-21(22)27)10-13-5-7-16(8-6-13)29-12-18(23)24/h2-10H,11-12H2,1H3,(H,23,24). The molecular weight excluding hydrogens is 410 g/mol. The molecule has 3 rings (SSSR count). The van der Waals surface area contributed by atoms with Crippen LogP contribution in [0, 0.1) is 0 Å². The van der Waals surface area contributed by atoms with Crippen LogP contribution in [0.3, 0.4) is 0 Å². The fourth-order valence-electron chi connectivity index (χ4n) is 2.69. The molecule has 1 fully saturated rings. The van der Waals surface area contributed by atoms with Crippen LogP contribution >= 0.6 is 11.8 Å². The number of methoxy groups -OCH3 is 1. The highest BCUT2D eigenvalue weighted by molar-refractivity contribution is 8.18. The fourth-order valence-corrected chi connectivity index (χ4v) is 3.53. The van der Waals surface area contributed by atoms with Gasteiger partial charge < -0.3 is 14.6 Å². The lowest BCUT2D eigenvalue weighted by atomic mass is 10.1. The van der Waals surface area contributed by atoms with Gasteiger partial charge >= 0.3 is 11.9 Å². The van der Waals surface area contributed by atoms with Crippen molar-refractivity contribution in [2.24, 2.45) is 0 Å². The van der Waals surface area contributed by atoms with E-state index < -0.39 is 29.7 Å². The van der Waals surface area contributed by atoms with Crippen LogP contribution in [0.15, 0.2) is 53.4 Å². The van der Waals surface area contributed by atoms with E-state index in [2.05, 4.69) is 4.74 Å². The van der Waals surface area contributed by atoms with Crippen molar-refractivity contribution in [1.29, 1.82) is 0 Å². The number of carboxylic acid groups (broad SMARTS) is 1. The lowest BCUT2D eigenvalue weighted by Gasteiger charge is -2.13. The maximum absolute atomic E-state index is 12.7. The zero-order valence-corrected chi connectivity index (χ0v) is 16.7. The number of benzene rings is 2. The predicted octanol–water partition coefficient (Wildman–Crippen LogP) is 3.17. The molecule has 1 aliphatic rings. The molecule has 1 saturated heterocycles. The minimum Gasteiger partial charge on any atom is -0.482 e. The van der Waals surface area contributed by atoms with Crippen molar-refractivity contribution < 1.29 is 33.8 Å². The number of hydrogen-bond donors (Lipinski definition) is 1. The van der Waals surface area contributed by atoms with Gasteiger partial charge in [-0.25, -0.2) is 9.59 Å². The van der Waals surface area contributed by atoms with E-state index in [9.17, 15) is 19.2 Å². The van der Waals surface area contributed by atoms with Crippen molar-refractivity contribution in [2.75, 3.05) is 13.7 Å². The molecule has 1 N–H and O–H groups in total. The first-order valence-corrected chi connectivity index (χ1v) is 9.56. The number of rotatable bonds is 7. The third-order valence-electron chi connectivity index (χ3n) is 4.10. The lowest BCUT2D eigenvalue weighted by Crippen LogP contribution is -2.27. The van der Waals surface area contributed by atoms with Gasteiger partial charge in [0, 0.05) is 0 Å².